The maximum atomic E-state index is 13.5. The number of carbonyl (C=O) groups is 2. The molecular formula is C23H20N2O7. The number of benzene rings is 1. The molecule has 2 aliphatic rings. The molecule has 1 unspecified atom stereocenters. The molecule has 9 heteroatoms. The van der Waals surface area contributed by atoms with Gasteiger partial charge >= 0.3 is 11.9 Å². The maximum Gasteiger partial charge on any atom is 0.343 e. The van der Waals surface area contributed by atoms with E-state index < -0.39 is 29.3 Å². The average molecular weight is 436 g/mol. The van der Waals surface area contributed by atoms with Gasteiger partial charge in [0.1, 0.15) is 12.3 Å². The number of para-hydroxylation sites is 1. The number of rotatable bonds is 3. The number of ether oxygens (including phenoxy) is 2. The zero-order valence-corrected chi connectivity index (χ0v) is 17.5. The molecule has 0 radical (unpaired) electrons. The first-order chi connectivity index (χ1) is 15.3. The van der Waals surface area contributed by atoms with Gasteiger partial charge in [0.25, 0.3) is 5.56 Å². The first kappa shape index (κ1) is 20.2. The van der Waals surface area contributed by atoms with E-state index in [-0.39, 0.29) is 42.0 Å². The lowest BCUT2D eigenvalue weighted by molar-refractivity contribution is -0.565. The van der Waals surface area contributed by atoms with Gasteiger partial charge in [0.15, 0.2) is 5.60 Å². The van der Waals surface area contributed by atoms with E-state index in [9.17, 15) is 24.7 Å². The summed E-state index contributed by atoms with van der Waals surface area (Å²) >= 11 is 0. The van der Waals surface area contributed by atoms with Crippen molar-refractivity contribution in [3.8, 4) is 11.4 Å². The van der Waals surface area contributed by atoms with Gasteiger partial charge in [-0.3, -0.25) is 14.2 Å². The quantitative estimate of drug-likeness (QED) is 0.377. The third-order valence-electron chi connectivity index (χ3n) is 6.20. The summed E-state index contributed by atoms with van der Waals surface area (Å²) in [5.41, 5.74) is -1.38. The molecule has 32 heavy (non-hydrogen) atoms. The number of aliphatic hydroxyl groups is 1. The zero-order chi connectivity index (χ0) is 22.8. The van der Waals surface area contributed by atoms with E-state index in [0.29, 0.717) is 21.2 Å². The Hall–Kier alpha value is -3.72. The molecule has 0 aliphatic carbocycles. The third kappa shape index (κ3) is 2.54. The minimum absolute atomic E-state index is 0.0159. The van der Waals surface area contributed by atoms with Crippen LogP contribution in [0.15, 0.2) is 41.2 Å². The zero-order valence-electron chi connectivity index (χ0n) is 17.5. The molecule has 2 atom stereocenters. The lowest BCUT2D eigenvalue weighted by Crippen LogP contribution is -2.45. The second-order valence-corrected chi connectivity index (χ2v) is 7.88. The number of nitrogens with zero attached hydrogens (tertiary/aromatic N) is 2. The summed E-state index contributed by atoms with van der Waals surface area (Å²) in [4.78, 5) is 38.1. The Morgan fingerprint density at radius 3 is 2.78 bits per heavy atom. The summed E-state index contributed by atoms with van der Waals surface area (Å²) < 4.78 is 12.6. The van der Waals surface area contributed by atoms with Gasteiger partial charge in [0, 0.05) is 23.4 Å². The molecule has 1 aromatic carbocycles. The van der Waals surface area contributed by atoms with Crippen LogP contribution in [0.5, 0.6) is 0 Å². The van der Waals surface area contributed by atoms with Crippen LogP contribution in [0.25, 0.3) is 22.3 Å². The summed E-state index contributed by atoms with van der Waals surface area (Å²) in [7, 11) is 0. The highest BCUT2D eigenvalue weighted by atomic mass is 16.6. The first-order valence-electron chi connectivity index (χ1n) is 10.3. The van der Waals surface area contributed by atoms with Crippen LogP contribution in [-0.4, -0.2) is 21.6 Å². The van der Waals surface area contributed by atoms with Crippen LogP contribution >= 0.6 is 0 Å². The van der Waals surface area contributed by atoms with Crippen LogP contribution in [0.4, 0.5) is 0 Å². The fourth-order valence-corrected chi connectivity index (χ4v) is 4.46. The maximum absolute atomic E-state index is 13.5. The van der Waals surface area contributed by atoms with Gasteiger partial charge in [-0.2, -0.15) is 4.73 Å². The number of carbonyl (C=O) groups excluding carboxylic acids is 2. The van der Waals surface area contributed by atoms with Gasteiger partial charge in [-0.05, 0) is 24.6 Å². The summed E-state index contributed by atoms with van der Waals surface area (Å²) in [6.45, 7) is 2.91. The van der Waals surface area contributed by atoms with Crippen molar-refractivity contribution in [3.05, 3.63) is 68.6 Å². The van der Waals surface area contributed by atoms with E-state index in [1.54, 1.807) is 44.2 Å². The number of fused-ring (bicyclic) bond motifs is 5. The second-order valence-electron chi connectivity index (χ2n) is 7.88. The minimum atomic E-state index is -2.01. The van der Waals surface area contributed by atoms with E-state index in [0.717, 1.165) is 0 Å². The fourth-order valence-electron chi connectivity index (χ4n) is 4.46. The predicted octanol–water partition coefficient (Wildman–Crippen LogP) is 1.77. The molecule has 3 aromatic rings. The molecular weight excluding hydrogens is 416 g/mol. The van der Waals surface area contributed by atoms with Gasteiger partial charge < -0.3 is 19.8 Å². The monoisotopic (exact) mass is 436 g/mol. The van der Waals surface area contributed by atoms with Crippen molar-refractivity contribution in [2.75, 3.05) is 0 Å². The Balaban J connectivity index is 1.88. The van der Waals surface area contributed by atoms with Crippen LogP contribution < -0.4 is 10.3 Å². The van der Waals surface area contributed by atoms with Gasteiger partial charge in [-0.25, -0.2) is 4.79 Å². The van der Waals surface area contributed by atoms with E-state index in [4.69, 9.17) is 9.47 Å². The average Bonchev–Trinajstić information content (AvgIpc) is 3.10. The number of hydrogen-bond donors (Lipinski definition) is 1. The molecule has 0 spiro atoms. The molecule has 0 saturated carbocycles. The lowest BCUT2D eigenvalue weighted by Gasteiger charge is -2.31. The minimum Gasteiger partial charge on any atom is -0.618 e. The smallest absolute Gasteiger partial charge is 0.343 e. The molecule has 0 saturated heterocycles. The highest BCUT2D eigenvalue weighted by Crippen LogP contribution is 2.42. The van der Waals surface area contributed by atoms with Crippen molar-refractivity contribution in [3.63, 3.8) is 0 Å². The lowest BCUT2D eigenvalue weighted by atomic mass is 9.86. The molecule has 9 nitrogen and oxygen atoms in total. The summed E-state index contributed by atoms with van der Waals surface area (Å²) in [5, 5.41) is 25.0. The Morgan fingerprint density at radius 1 is 1.31 bits per heavy atom. The standard InChI is InChI=1S/C23H20N2O7/c1-3-18(26)32-21-13-9-12-7-5-6-8-16(12)25(30)19(13)17-10-15-14(20(27)24(17)21)11-31-22(28)23(15,29)4-2/h5-10,21,29H,3-4,11H2,1-2H3/t21?,23-/m0/s1. The topological polar surface area (TPSA) is 122 Å². The highest BCUT2D eigenvalue weighted by Gasteiger charge is 2.48. The number of cyclic esters (lactones) is 1. The molecule has 4 heterocycles. The number of hydrogen-bond acceptors (Lipinski definition) is 7. The van der Waals surface area contributed by atoms with Gasteiger partial charge in [-0.1, -0.05) is 26.0 Å². The van der Waals surface area contributed by atoms with Gasteiger partial charge in [0.05, 0.1) is 11.1 Å². The Labute approximate surface area is 182 Å². The molecule has 0 bridgehead atoms. The van der Waals surface area contributed by atoms with Crippen LogP contribution in [-0.2, 0) is 31.3 Å². The van der Waals surface area contributed by atoms with E-state index in [1.165, 1.54) is 10.6 Å². The molecule has 2 aromatic heterocycles. The molecule has 5 rings (SSSR count). The number of esters is 2. The Kier molecular flexibility index (Phi) is 4.35. The van der Waals surface area contributed by atoms with Crippen LogP contribution in [0, 0.1) is 5.21 Å². The number of aromatic nitrogens is 2. The van der Waals surface area contributed by atoms with Crippen molar-refractivity contribution in [2.45, 2.75) is 45.1 Å². The largest absolute Gasteiger partial charge is 0.618 e. The van der Waals surface area contributed by atoms with E-state index >= 15 is 0 Å². The third-order valence-corrected chi connectivity index (χ3v) is 6.20. The van der Waals surface area contributed by atoms with E-state index in [2.05, 4.69) is 0 Å². The molecule has 0 amide bonds. The van der Waals surface area contributed by atoms with E-state index in [1.807, 2.05) is 0 Å². The van der Waals surface area contributed by atoms with Crippen LogP contribution in [0.1, 0.15) is 49.6 Å². The van der Waals surface area contributed by atoms with Crippen molar-refractivity contribution < 1.29 is 28.9 Å². The predicted molar refractivity (Wildman–Crippen MR) is 111 cm³/mol. The van der Waals surface area contributed by atoms with Crippen molar-refractivity contribution in [1.29, 1.82) is 0 Å². The Morgan fingerprint density at radius 2 is 2.06 bits per heavy atom. The van der Waals surface area contributed by atoms with Gasteiger partial charge in [0.2, 0.25) is 17.4 Å². The highest BCUT2D eigenvalue weighted by molar-refractivity contribution is 5.85. The summed E-state index contributed by atoms with van der Waals surface area (Å²) in [5.74, 6) is -1.39. The Bertz CT molecular complexity index is 1380. The van der Waals surface area contributed by atoms with Gasteiger partial charge in [-0.15, -0.1) is 0 Å². The molecule has 1 N–H and O–H groups in total. The van der Waals surface area contributed by atoms with Crippen LogP contribution in [0.2, 0.25) is 0 Å². The molecule has 0 fully saturated rings. The second kappa shape index (κ2) is 6.89. The van der Waals surface area contributed by atoms with Crippen molar-refractivity contribution >= 4 is 22.8 Å². The first-order valence-corrected chi connectivity index (χ1v) is 10.3. The molecule has 2 aliphatic heterocycles. The normalized spacial score (nSPS) is 21.0. The number of pyridine rings is 2. The SMILES string of the molecule is CCC(=O)OC1c2cc3ccccc3[n+]([O-])c2-c2cc3c(c(=O)n21)COC(=O)[C@]3(O)CC. The van der Waals surface area contributed by atoms with Crippen LogP contribution in [0.3, 0.4) is 0 Å². The summed E-state index contributed by atoms with van der Waals surface area (Å²) in [6, 6.07) is 10.1. The fraction of sp³-hybridized carbons (Fsp3) is 0.304. The molecule has 164 valence electrons. The summed E-state index contributed by atoms with van der Waals surface area (Å²) in [6.07, 6.45) is -1.08. The van der Waals surface area contributed by atoms with Crippen molar-refractivity contribution in [1.82, 2.24) is 4.57 Å². The van der Waals surface area contributed by atoms with Crippen molar-refractivity contribution in [2.24, 2.45) is 0 Å².